The highest BCUT2D eigenvalue weighted by Crippen LogP contribution is 2.29. The van der Waals surface area contributed by atoms with E-state index in [0.29, 0.717) is 42.8 Å². The van der Waals surface area contributed by atoms with E-state index < -0.39 is 10.0 Å². The molecule has 8 heteroatoms. The molecule has 0 aromatic heterocycles. The van der Waals surface area contributed by atoms with Crippen molar-refractivity contribution in [1.82, 2.24) is 10.0 Å². The van der Waals surface area contributed by atoms with Gasteiger partial charge in [0, 0.05) is 24.7 Å². The number of nitrogens with one attached hydrogen (secondary N) is 2. The van der Waals surface area contributed by atoms with Gasteiger partial charge in [-0.15, -0.1) is 0 Å². The van der Waals surface area contributed by atoms with E-state index in [1.807, 2.05) is 42.5 Å². The molecule has 0 aliphatic heterocycles. The topological polar surface area (TPSA) is 76.7 Å². The molecule has 2 rings (SSSR count). The summed E-state index contributed by atoms with van der Waals surface area (Å²) in [6, 6.07) is 13.2. The molecular weight excluding hydrogens is 376 g/mol. The van der Waals surface area contributed by atoms with Gasteiger partial charge in [-0.2, -0.15) is 0 Å². The van der Waals surface area contributed by atoms with E-state index in [0.717, 1.165) is 17.4 Å². The van der Waals surface area contributed by atoms with Crippen LogP contribution in [0.2, 0.25) is 5.02 Å². The van der Waals surface area contributed by atoms with E-state index in [2.05, 4.69) is 10.0 Å². The van der Waals surface area contributed by atoms with Crippen LogP contribution in [-0.2, 0) is 23.2 Å². The summed E-state index contributed by atoms with van der Waals surface area (Å²) in [6.45, 7) is 1.89. The van der Waals surface area contributed by atoms with Crippen LogP contribution in [0.4, 0.5) is 0 Å². The van der Waals surface area contributed by atoms with Crippen molar-refractivity contribution in [3.05, 3.63) is 58.6 Å². The average Bonchev–Trinajstić information content (AvgIpc) is 2.60. The van der Waals surface area contributed by atoms with Crippen molar-refractivity contribution in [2.75, 3.05) is 26.5 Å². The van der Waals surface area contributed by atoms with Crippen LogP contribution in [-0.4, -0.2) is 34.9 Å². The van der Waals surface area contributed by atoms with Crippen molar-refractivity contribution in [2.24, 2.45) is 0 Å². The highest BCUT2D eigenvalue weighted by atomic mass is 35.5. The van der Waals surface area contributed by atoms with Crippen molar-refractivity contribution in [3.8, 4) is 11.5 Å². The Morgan fingerprint density at radius 2 is 1.69 bits per heavy atom. The van der Waals surface area contributed by atoms with Gasteiger partial charge in [-0.25, -0.2) is 13.1 Å². The quantitative estimate of drug-likeness (QED) is 0.601. The Morgan fingerprint density at radius 1 is 1.00 bits per heavy atom. The van der Waals surface area contributed by atoms with Crippen LogP contribution in [0.3, 0.4) is 0 Å². The number of rotatable bonds is 10. The first-order valence-corrected chi connectivity index (χ1v) is 10.3. The largest absolute Gasteiger partial charge is 0.493 e. The van der Waals surface area contributed by atoms with Gasteiger partial charge in [0.15, 0.2) is 11.5 Å². The molecule has 0 atom stereocenters. The Bertz CT molecular complexity index is 810. The molecule has 0 saturated heterocycles. The monoisotopic (exact) mass is 398 g/mol. The molecule has 142 valence electrons. The van der Waals surface area contributed by atoms with Crippen LogP contribution in [0.15, 0.2) is 42.5 Å². The number of halogens is 1. The molecule has 6 nitrogen and oxygen atoms in total. The molecule has 2 aromatic carbocycles. The maximum Gasteiger partial charge on any atom is 0.208 e. The molecule has 0 aliphatic carbocycles. The summed E-state index contributed by atoms with van der Waals surface area (Å²) in [5.74, 6) is 1.30. The number of methoxy groups -OCH3 is 1. The van der Waals surface area contributed by atoms with Crippen LogP contribution < -0.4 is 19.5 Å². The molecule has 0 bridgehead atoms. The molecule has 26 heavy (non-hydrogen) atoms. The standard InChI is InChI=1S/C18H23ClN2O4S/c1-24-18-11-15(12-20-9-10-21-26(2,22)23)5-8-17(18)25-13-14-3-6-16(19)7-4-14/h3-8,11,20-21H,9-10,12-13H2,1-2H3. The van der Waals surface area contributed by atoms with Gasteiger partial charge in [0.1, 0.15) is 6.61 Å². The Morgan fingerprint density at radius 3 is 2.35 bits per heavy atom. The normalized spacial score (nSPS) is 11.3. The predicted octanol–water partition coefficient (Wildman–Crippen LogP) is 2.57. The first-order chi connectivity index (χ1) is 12.4. The van der Waals surface area contributed by atoms with Crippen LogP contribution >= 0.6 is 11.6 Å². The van der Waals surface area contributed by atoms with E-state index in [4.69, 9.17) is 21.1 Å². The fourth-order valence-electron chi connectivity index (χ4n) is 2.24. The van der Waals surface area contributed by atoms with Gasteiger partial charge in [-0.3, -0.25) is 0 Å². The van der Waals surface area contributed by atoms with Gasteiger partial charge in [0.25, 0.3) is 0 Å². The van der Waals surface area contributed by atoms with Crippen molar-refractivity contribution < 1.29 is 17.9 Å². The lowest BCUT2D eigenvalue weighted by Gasteiger charge is -2.13. The molecule has 0 fully saturated rings. The first kappa shape index (κ1) is 20.5. The van der Waals surface area contributed by atoms with Gasteiger partial charge in [-0.05, 0) is 35.4 Å². The van der Waals surface area contributed by atoms with Gasteiger partial charge >= 0.3 is 0 Å². The third kappa shape index (κ3) is 7.21. The Labute approximate surface area is 159 Å². The second-order valence-corrected chi connectivity index (χ2v) is 8.01. The minimum atomic E-state index is -3.15. The lowest BCUT2D eigenvalue weighted by molar-refractivity contribution is 0.284. The smallest absolute Gasteiger partial charge is 0.208 e. The molecule has 0 saturated carbocycles. The van der Waals surface area contributed by atoms with Gasteiger partial charge in [0.05, 0.1) is 13.4 Å². The zero-order valence-corrected chi connectivity index (χ0v) is 16.4. The molecule has 0 aliphatic rings. The van der Waals surface area contributed by atoms with Crippen molar-refractivity contribution >= 4 is 21.6 Å². The summed E-state index contributed by atoms with van der Waals surface area (Å²) in [6.07, 6.45) is 1.14. The summed E-state index contributed by atoms with van der Waals surface area (Å²) in [4.78, 5) is 0. The summed E-state index contributed by atoms with van der Waals surface area (Å²) in [5.41, 5.74) is 2.03. The summed E-state index contributed by atoms with van der Waals surface area (Å²) < 4.78 is 35.6. The number of hydrogen-bond acceptors (Lipinski definition) is 5. The number of sulfonamides is 1. The summed E-state index contributed by atoms with van der Waals surface area (Å²) in [5, 5.41) is 3.86. The van der Waals surface area contributed by atoms with Crippen molar-refractivity contribution in [3.63, 3.8) is 0 Å². The highest BCUT2D eigenvalue weighted by molar-refractivity contribution is 7.88. The van der Waals surface area contributed by atoms with Crippen molar-refractivity contribution in [2.45, 2.75) is 13.2 Å². The van der Waals surface area contributed by atoms with Crippen LogP contribution in [0.25, 0.3) is 0 Å². The second kappa shape index (κ2) is 9.78. The Kier molecular flexibility index (Phi) is 7.71. The Hall–Kier alpha value is -1.80. The highest BCUT2D eigenvalue weighted by Gasteiger charge is 2.07. The lowest BCUT2D eigenvalue weighted by atomic mass is 10.2. The molecule has 2 aromatic rings. The fourth-order valence-corrected chi connectivity index (χ4v) is 2.84. The third-order valence-electron chi connectivity index (χ3n) is 3.53. The van der Waals surface area contributed by atoms with Crippen molar-refractivity contribution in [1.29, 1.82) is 0 Å². The summed E-state index contributed by atoms with van der Waals surface area (Å²) >= 11 is 5.88. The maximum atomic E-state index is 11.0. The molecule has 0 unspecified atom stereocenters. The van der Waals surface area contributed by atoms with E-state index >= 15 is 0 Å². The van der Waals surface area contributed by atoms with E-state index in [1.165, 1.54) is 0 Å². The molecule has 0 heterocycles. The Balaban J connectivity index is 1.87. The van der Waals surface area contributed by atoms with Gasteiger partial charge in [0.2, 0.25) is 10.0 Å². The molecule has 2 N–H and O–H groups in total. The minimum absolute atomic E-state index is 0.345. The first-order valence-electron chi connectivity index (χ1n) is 8.07. The van der Waals surface area contributed by atoms with E-state index in [1.54, 1.807) is 7.11 Å². The zero-order chi connectivity index (χ0) is 19.0. The molecular formula is C18H23ClN2O4S. The van der Waals surface area contributed by atoms with Crippen LogP contribution in [0.1, 0.15) is 11.1 Å². The third-order valence-corrected chi connectivity index (χ3v) is 4.51. The lowest BCUT2D eigenvalue weighted by Crippen LogP contribution is -2.30. The fraction of sp³-hybridized carbons (Fsp3) is 0.333. The maximum absolute atomic E-state index is 11.0. The number of benzene rings is 2. The van der Waals surface area contributed by atoms with E-state index in [9.17, 15) is 8.42 Å². The SMILES string of the molecule is COc1cc(CNCCNS(C)(=O)=O)ccc1OCc1ccc(Cl)cc1. The average molecular weight is 399 g/mol. The summed E-state index contributed by atoms with van der Waals surface area (Å²) in [7, 11) is -1.56. The van der Waals surface area contributed by atoms with E-state index in [-0.39, 0.29) is 0 Å². The molecule has 0 radical (unpaired) electrons. The van der Waals surface area contributed by atoms with Crippen LogP contribution in [0.5, 0.6) is 11.5 Å². The van der Waals surface area contributed by atoms with Gasteiger partial charge < -0.3 is 14.8 Å². The molecule has 0 amide bonds. The predicted molar refractivity (Wildman–Crippen MR) is 103 cm³/mol. The number of ether oxygens (including phenoxy) is 2. The second-order valence-electron chi connectivity index (χ2n) is 5.74. The number of hydrogen-bond donors (Lipinski definition) is 2. The minimum Gasteiger partial charge on any atom is -0.493 e. The molecule has 0 spiro atoms. The zero-order valence-electron chi connectivity index (χ0n) is 14.8. The van der Waals surface area contributed by atoms with Crippen LogP contribution in [0, 0.1) is 0 Å². The van der Waals surface area contributed by atoms with Gasteiger partial charge in [-0.1, -0.05) is 29.8 Å².